The van der Waals surface area contributed by atoms with Crippen molar-refractivity contribution in [1.82, 2.24) is 5.32 Å². The summed E-state index contributed by atoms with van der Waals surface area (Å²) in [5, 5.41) is 12.6. The lowest BCUT2D eigenvalue weighted by molar-refractivity contribution is 0.0936. The van der Waals surface area contributed by atoms with E-state index < -0.39 is 11.9 Å². The van der Waals surface area contributed by atoms with Crippen LogP contribution in [0.5, 0.6) is 5.75 Å². The van der Waals surface area contributed by atoms with E-state index in [1.807, 2.05) is 0 Å². The topological polar surface area (TPSA) is 49.3 Å². The zero-order valence-electron chi connectivity index (χ0n) is 10.7. The summed E-state index contributed by atoms with van der Waals surface area (Å²) >= 11 is 5.70. The molecule has 2 aromatic carbocycles. The number of phenols is 1. The third-order valence-corrected chi connectivity index (χ3v) is 3.16. The van der Waals surface area contributed by atoms with E-state index in [1.54, 1.807) is 25.1 Å². The Kier molecular flexibility index (Phi) is 4.25. The van der Waals surface area contributed by atoms with Gasteiger partial charge in [-0.05, 0) is 31.2 Å². The summed E-state index contributed by atoms with van der Waals surface area (Å²) in [5.41, 5.74) is 0.479. The number of hydrogen-bond donors (Lipinski definition) is 2. The second kappa shape index (κ2) is 5.92. The van der Waals surface area contributed by atoms with Crippen molar-refractivity contribution >= 4 is 17.5 Å². The summed E-state index contributed by atoms with van der Waals surface area (Å²) in [7, 11) is 0. The van der Waals surface area contributed by atoms with Crippen LogP contribution in [0.25, 0.3) is 0 Å². The minimum Gasteiger partial charge on any atom is -0.507 e. The zero-order chi connectivity index (χ0) is 14.7. The molecule has 0 fully saturated rings. The molecular weight excluding hydrogens is 281 g/mol. The SMILES string of the molecule is CC(NC(=O)c1ccc(Cl)cc1O)c1ccccc1F. The van der Waals surface area contributed by atoms with Crippen molar-refractivity contribution < 1.29 is 14.3 Å². The number of carbonyl (C=O) groups is 1. The van der Waals surface area contributed by atoms with Gasteiger partial charge in [0.25, 0.3) is 5.91 Å². The Morgan fingerprint density at radius 1 is 1.30 bits per heavy atom. The number of hydrogen-bond acceptors (Lipinski definition) is 2. The Balaban J connectivity index is 2.17. The average molecular weight is 294 g/mol. The molecule has 0 aliphatic rings. The quantitative estimate of drug-likeness (QED) is 0.907. The molecule has 0 spiro atoms. The van der Waals surface area contributed by atoms with Crippen molar-refractivity contribution in [1.29, 1.82) is 0 Å². The standard InChI is InChI=1S/C15H13ClFNO2/c1-9(11-4-2-3-5-13(11)17)18-15(20)12-7-6-10(16)8-14(12)19/h2-9,19H,1H3,(H,18,20). The molecular formula is C15H13ClFNO2. The molecule has 0 saturated heterocycles. The van der Waals surface area contributed by atoms with Gasteiger partial charge in [-0.1, -0.05) is 29.8 Å². The molecule has 0 aromatic heterocycles. The molecule has 2 N–H and O–H groups in total. The maximum absolute atomic E-state index is 13.6. The van der Waals surface area contributed by atoms with E-state index >= 15 is 0 Å². The number of benzene rings is 2. The Labute approximate surface area is 121 Å². The maximum Gasteiger partial charge on any atom is 0.255 e. The summed E-state index contributed by atoms with van der Waals surface area (Å²) in [5.74, 6) is -1.09. The van der Waals surface area contributed by atoms with Gasteiger partial charge in [0.1, 0.15) is 11.6 Å². The van der Waals surface area contributed by atoms with Crippen LogP contribution >= 0.6 is 11.6 Å². The monoisotopic (exact) mass is 293 g/mol. The van der Waals surface area contributed by atoms with Gasteiger partial charge in [0.05, 0.1) is 11.6 Å². The van der Waals surface area contributed by atoms with Gasteiger partial charge < -0.3 is 10.4 Å². The van der Waals surface area contributed by atoms with Gasteiger partial charge in [-0.25, -0.2) is 4.39 Å². The van der Waals surface area contributed by atoms with E-state index in [4.69, 9.17) is 11.6 Å². The van der Waals surface area contributed by atoms with Crippen molar-refractivity contribution in [3.8, 4) is 5.75 Å². The van der Waals surface area contributed by atoms with Crippen molar-refractivity contribution in [2.45, 2.75) is 13.0 Å². The number of nitrogens with one attached hydrogen (secondary N) is 1. The first-order valence-electron chi connectivity index (χ1n) is 6.03. The summed E-state index contributed by atoms with van der Waals surface area (Å²) < 4.78 is 13.6. The van der Waals surface area contributed by atoms with E-state index in [2.05, 4.69) is 5.32 Å². The second-order valence-corrected chi connectivity index (χ2v) is 4.81. The number of carbonyl (C=O) groups excluding carboxylic acids is 1. The first-order chi connectivity index (χ1) is 9.49. The lowest BCUT2D eigenvalue weighted by atomic mass is 10.1. The zero-order valence-corrected chi connectivity index (χ0v) is 11.5. The van der Waals surface area contributed by atoms with Crippen molar-refractivity contribution in [2.24, 2.45) is 0 Å². The van der Waals surface area contributed by atoms with Gasteiger partial charge in [-0.15, -0.1) is 0 Å². The normalized spacial score (nSPS) is 11.9. The fraction of sp³-hybridized carbons (Fsp3) is 0.133. The fourth-order valence-electron chi connectivity index (χ4n) is 1.88. The van der Waals surface area contributed by atoms with Crippen LogP contribution in [-0.2, 0) is 0 Å². The third kappa shape index (κ3) is 3.08. The van der Waals surface area contributed by atoms with Crippen LogP contribution < -0.4 is 5.32 Å². The van der Waals surface area contributed by atoms with Gasteiger partial charge >= 0.3 is 0 Å². The minimum absolute atomic E-state index is 0.0950. The predicted octanol–water partition coefficient (Wildman–Crippen LogP) is 3.68. The third-order valence-electron chi connectivity index (χ3n) is 2.92. The molecule has 5 heteroatoms. The lowest BCUT2D eigenvalue weighted by Crippen LogP contribution is -2.27. The number of amides is 1. The van der Waals surface area contributed by atoms with Crippen LogP contribution in [0.1, 0.15) is 28.9 Å². The van der Waals surface area contributed by atoms with Gasteiger partial charge in [0.2, 0.25) is 0 Å². The Morgan fingerprint density at radius 3 is 2.65 bits per heavy atom. The first kappa shape index (κ1) is 14.3. The average Bonchev–Trinajstić information content (AvgIpc) is 2.38. The molecule has 1 unspecified atom stereocenters. The van der Waals surface area contributed by atoms with Crippen LogP contribution in [0.15, 0.2) is 42.5 Å². The van der Waals surface area contributed by atoms with E-state index in [1.165, 1.54) is 24.3 Å². The highest BCUT2D eigenvalue weighted by Crippen LogP contribution is 2.23. The molecule has 0 saturated carbocycles. The van der Waals surface area contributed by atoms with Crippen LogP contribution in [0.3, 0.4) is 0 Å². The minimum atomic E-state index is -0.515. The van der Waals surface area contributed by atoms with Crippen LogP contribution in [0, 0.1) is 5.82 Å². The Morgan fingerprint density at radius 2 is 2.00 bits per heavy atom. The summed E-state index contributed by atoms with van der Waals surface area (Å²) in [4.78, 5) is 12.0. The van der Waals surface area contributed by atoms with Crippen molar-refractivity contribution in [3.63, 3.8) is 0 Å². The Hall–Kier alpha value is -2.07. The van der Waals surface area contributed by atoms with Crippen LogP contribution in [-0.4, -0.2) is 11.0 Å². The molecule has 20 heavy (non-hydrogen) atoms. The number of halogens is 2. The van der Waals surface area contributed by atoms with E-state index in [0.29, 0.717) is 10.6 Å². The molecule has 3 nitrogen and oxygen atoms in total. The van der Waals surface area contributed by atoms with Gasteiger partial charge in [-0.3, -0.25) is 4.79 Å². The summed E-state index contributed by atoms with van der Waals surface area (Å²) in [6.45, 7) is 1.67. The van der Waals surface area contributed by atoms with E-state index in [-0.39, 0.29) is 17.1 Å². The molecule has 2 rings (SSSR count). The molecule has 0 radical (unpaired) electrons. The van der Waals surface area contributed by atoms with Crippen molar-refractivity contribution in [2.75, 3.05) is 0 Å². The second-order valence-electron chi connectivity index (χ2n) is 4.38. The van der Waals surface area contributed by atoms with E-state index in [0.717, 1.165) is 0 Å². The molecule has 1 atom stereocenters. The predicted molar refractivity (Wildman–Crippen MR) is 75.4 cm³/mol. The number of phenolic OH excluding ortho intramolecular Hbond substituents is 1. The number of aromatic hydroxyl groups is 1. The molecule has 0 aliphatic heterocycles. The van der Waals surface area contributed by atoms with Gasteiger partial charge in [-0.2, -0.15) is 0 Å². The number of rotatable bonds is 3. The largest absolute Gasteiger partial charge is 0.507 e. The van der Waals surface area contributed by atoms with Gasteiger partial charge in [0, 0.05) is 10.6 Å². The lowest BCUT2D eigenvalue weighted by Gasteiger charge is -2.15. The van der Waals surface area contributed by atoms with Gasteiger partial charge in [0.15, 0.2) is 0 Å². The molecule has 104 valence electrons. The molecule has 0 heterocycles. The summed E-state index contributed by atoms with van der Waals surface area (Å²) in [6, 6.07) is 9.90. The summed E-state index contributed by atoms with van der Waals surface area (Å²) in [6.07, 6.45) is 0. The molecule has 0 bridgehead atoms. The first-order valence-corrected chi connectivity index (χ1v) is 6.40. The molecule has 0 aliphatic carbocycles. The Bertz CT molecular complexity index is 646. The van der Waals surface area contributed by atoms with E-state index in [9.17, 15) is 14.3 Å². The molecule has 1 amide bonds. The fourth-order valence-corrected chi connectivity index (χ4v) is 2.04. The smallest absolute Gasteiger partial charge is 0.255 e. The van der Waals surface area contributed by atoms with Crippen LogP contribution in [0.2, 0.25) is 5.02 Å². The highest BCUT2D eigenvalue weighted by molar-refractivity contribution is 6.30. The maximum atomic E-state index is 13.6. The highest BCUT2D eigenvalue weighted by Gasteiger charge is 2.16. The van der Waals surface area contributed by atoms with Crippen LogP contribution in [0.4, 0.5) is 4.39 Å². The molecule has 2 aromatic rings. The van der Waals surface area contributed by atoms with Crippen molar-refractivity contribution in [3.05, 3.63) is 64.4 Å². The highest BCUT2D eigenvalue weighted by atomic mass is 35.5.